The van der Waals surface area contributed by atoms with Gasteiger partial charge in [-0.2, -0.15) is 0 Å². The summed E-state index contributed by atoms with van der Waals surface area (Å²) in [6.45, 7) is 5.85. The van der Waals surface area contributed by atoms with Crippen molar-refractivity contribution in [3.63, 3.8) is 0 Å². The molecule has 3 aromatic rings. The zero-order valence-corrected chi connectivity index (χ0v) is 22.2. The van der Waals surface area contributed by atoms with Gasteiger partial charge < -0.3 is 24.8 Å². The molecule has 1 fully saturated rings. The number of fused-ring (bicyclic) bond motifs is 3. The van der Waals surface area contributed by atoms with Gasteiger partial charge in [0, 0.05) is 45.1 Å². The van der Waals surface area contributed by atoms with Crippen LogP contribution >= 0.6 is 0 Å². The third-order valence-electron chi connectivity index (χ3n) is 7.57. The number of carboxylic acids is 1. The minimum absolute atomic E-state index is 0.0878. The molecular formula is C31H35N3O5. The van der Waals surface area contributed by atoms with E-state index in [1.54, 1.807) is 0 Å². The van der Waals surface area contributed by atoms with E-state index in [1.165, 1.54) is 0 Å². The summed E-state index contributed by atoms with van der Waals surface area (Å²) in [6.07, 6.45) is -0.602. The summed E-state index contributed by atoms with van der Waals surface area (Å²) in [7, 11) is 2.14. The average molecular weight is 530 g/mol. The number of alkyl carbamates (subject to hydrolysis) is 1. The number of rotatable bonds is 10. The van der Waals surface area contributed by atoms with Gasteiger partial charge in [-0.1, -0.05) is 60.7 Å². The van der Waals surface area contributed by atoms with Crippen molar-refractivity contribution in [2.45, 2.75) is 18.4 Å². The summed E-state index contributed by atoms with van der Waals surface area (Å²) >= 11 is 0. The van der Waals surface area contributed by atoms with Crippen LogP contribution in [0.5, 0.6) is 5.75 Å². The minimum Gasteiger partial charge on any atom is -0.492 e. The first-order valence-electron chi connectivity index (χ1n) is 13.4. The molecule has 204 valence electrons. The highest BCUT2D eigenvalue weighted by atomic mass is 16.5. The fourth-order valence-corrected chi connectivity index (χ4v) is 5.30. The van der Waals surface area contributed by atoms with Crippen LogP contribution in [0.25, 0.3) is 11.1 Å². The van der Waals surface area contributed by atoms with Crippen molar-refractivity contribution in [3.05, 3.63) is 89.5 Å². The van der Waals surface area contributed by atoms with Crippen molar-refractivity contribution in [3.8, 4) is 16.9 Å². The molecule has 0 saturated carbocycles. The molecule has 5 rings (SSSR count). The second kappa shape index (κ2) is 12.3. The number of nitrogens with one attached hydrogen (secondary N) is 1. The van der Waals surface area contributed by atoms with E-state index in [9.17, 15) is 14.7 Å². The van der Waals surface area contributed by atoms with E-state index in [4.69, 9.17) is 9.47 Å². The SMILES string of the molecule is CN1CCN(CCOc2ccc(CC(NC(=O)OCC3c4ccccc4-c4ccccc43)C(=O)O)cc2)CC1. The zero-order valence-electron chi connectivity index (χ0n) is 22.2. The molecule has 1 heterocycles. The quantitative estimate of drug-likeness (QED) is 0.412. The largest absolute Gasteiger partial charge is 0.492 e. The number of carboxylic acid groups (broad SMARTS) is 1. The van der Waals surface area contributed by atoms with E-state index in [2.05, 4.69) is 34.3 Å². The van der Waals surface area contributed by atoms with Crippen LogP contribution in [0.2, 0.25) is 0 Å². The Morgan fingerprint density at radius 2 is 1.54 bits per heavy atom. The highest BCUT2D eigenvalue weighted by Gasteiger charge is 2.29. The van der Waals surface area contributed by atoms with Crippen LogP contribution in [0.4, 0.5) is 4.79 Å². The van der Waals surface area contributed by atoms with Gasteiger partial charge in [0.2, 0.25) is 0 Å². The van der Waals surface area contributed by atoms with Crippen LogP contribution in [-0.2, 0) is 16.0 Å². The van der Waals surface area contributed by atoms with Gasteiger partial charge in [-0.25, -0.2) is 9.59 Å². The Hall–Kier alpha value is -3.88. The lowest BCUT2D eigenvalue weighted by Gasteiger charge is -2.32. The third kappa shape index (κ3) is 6.58. The number of aliphatic carboxylic acids is 1. The Kier molecular flexibility index (Phi) is 8.44. The van der Waals surface area contributed by atoms with E-state index < -0.39 is 18.1 Å². The third-order valence-corrected chi connectivity index (χ3v) is 7.57. The number of piperazine rings is 1. The molecule has 1 atom stereocenters. The Bertz CT molecular complexity index is 1240. The monoisotopic (exact) mass is 529 g/mol. The Labute approximate surface area is 229 Å². The number of ether oxygens (including phenoxy) is 2. The van der Waals surface area contributed by atoms with Gasteiger partial charge in [-0.15, -0.1) is 0 Å². The van der Waals surface area contributed by atoms with E-state index in [0.717, 1.165) is 66.3 Å². The number of hydrogen-bond acceptors (Lipinski definition) is 6. The number of carbonyl (C=O) groups is 2. The van der Waals surface area contributed by atoms with Crippen LogP contribution in [0.15, 0.2) is 72.8 Å². The molecule has 3 aromatic carbocycles. The van der Waals surface area contributed by atoms with Crippen molar-refractivity contribution >= 4 is 12.1 Å². The van der Waals surface area contributed by atoms with E-state index in [1.807, 2.05) is 60.7 Å². The summed E-state index contributed by atoms with van der Waals surface area (Å²) in [4.78, 5) is 29.2. The number of hydrogen-bond donors (Lipinski definition) is 2. The van der Waals surface area contributed by atoms with Crippen LogP contribution in [0.3, 0.4) is 0 Å². The molecule has 8 nitrogen and oxygen atoms in total. The first-order chi connectivity index (χ1) is 19.0. The van der Waals surface area contributed by atoms with E-state index >= 15 is 0 Å². The Morgan fingerprint density at radius 3 is 2.15 bits per heavy atom. The van der Waals surface area contributed by atoms with Crippen LogP contribution in [-0.4, -0.2) is 86.0 Å². The van der Waals surface area contributed by atoms with Crippen LogP contribution in [0, 0.1) is 0 Å². The maximum Gasteiger partial charge on any atom is 0.407 e. The zero-order chi connectivity index (χ0) is 27.2. The van der Waals surface area contributed by atoms with Crippen LogP contribution < -0.4 is 10.1 Å². The van der Waals surface area contributed by atoms with Gasteiger partial charge in [0.05, 0.1) is 0 Å². The molecule has 1 amide bonds. The summed E-state index contributed by atoms with van der Waals surface area (Å²) in [5, 5.41) is 12.3. The molecule has 8 heteroatoms. The van der Waals surface area contributed by atoms with Crippen molar-refractivity contribution in [2.24, 2.45) is 0 Å². The first kappa shape index (κ1) is 26.7. The molecule has 1 aliphatic heterocycles. The van der Waals surface area contributed by atoms with Crippen LogP contribution in [0.1, 0.15) is 22.6 Å². The summed E-state index contributed by atoms with van der Waals surface area (Å²) in [6, 6.07) is 22.4. The smallest absolute Gasteiger partial charge is 0.407 e. The predicted octanol–water partition coefficient (Wildman–Crippen LogP) is 3.85. The van der Waals surface area contributed by atoms with Crippen molar-refractivity contribution < 1.29 is 24.2 Å². The predicted molar refractivity (Wildman–Crippen MR) is 149 cm³/mol. The fourth-order valence-electron chi connectivity index (χ4n) is 5.30. The molecule has 2 N–H and O–H groups in total. The maximum atomic E-state index is 12.6. The number of amides is 1. The number of benzene rings is 3. The maximum absolute atomic E-state index is 12.6. The molecule has 0 aromatic heterocycles. The van der Waals surface area contributed by atoms with Gasteiger partial charge in [0.15, 0.2) is 0 Å². The van der Waals surface area contributed by atoms with E-state index in [-0.39, 0.29) is 18.9 Å². The normalized spacial score (nSPS) is 16.2. The minimum atomic E-state index is -1.11. The molecule has 0 spiro atoms. The molecule has 1 aliphatic carbocycles. The summed E-state index contributed by atoms with van der Waals surface area (Å²) in [5.41, 5.74) is 5.27. The lowest BCUT2D eigenvalue weighted by molar-refractivity contribution is -0.139. The molecule has 1 unspecified atom stereocenters. The number of likely N-dealkylation sites (N-methyl/N-ethyl adjacent to an activating group) is 1. The lowest BCUT2D eigenvalue weighted by Crippen LogP contribution is -2.45. The van der Waals surface area contributed by atoms with Gasteiger partial charge >= 0.3 is 12.1 Å². The highest BCUT2D eigenvalue weighted by Crippen LogP contribution is 2.44. The summed E-state index contributed by atoms with van der Waals surface area (Å²) in [5.74, 6) is -0.463. The standard InChI is InChI=1S/C31H35N3O5/c1-33-14-16-34(17-15-33)18-19-38-23-12-10-22(11-13-23)20-29(30(35)36)32-31(37)39-21-28-26-8-4-2-6-24(26)25-7-3-5-9-27(25)28/h2-13,28-29H,14-21H2,1H3,(H,32,37)(H,35,36). The van der Waals surface area contributed by atoms with Gasteiger partial charge in [0.1, 0.15) is 25.0 Å². The molecule has 0 radical (unpaired) electrons. The van der Waals surface area contributed by atoms with Crippen molar-refractivity contribution in [1.82, 2.24) is 15.1 Å². The molecule has 0 bridgehead atoms. The van der Waals surface area contributed by atoms with Gasteiger partial charge in [0.25, 0.3) is 0 Å². The average Bonchev–Trinajstić information content (AvgIpc) is 3.27. The molecule has 39 heavy (non-hydrogen) atoms. The topological polar surface area (TPSA) is 91.3 Å². The lowest BCUT2D eigenvalue weighted by atomic mass is 9.98. The first-order valence-corrected chi connectivity index (χ1v) is 13.4. The second-order valence-corrected chi connectivity index (χ2v) is 10.2. The van der Waals surface area contributed by atoms with Crippen molar-refractivity contribution in [1.29, 1.82) is 0 Å². The van der Waals surface area contributed by atoms with Crippen molar-refractivity contribution in [2.75, 3.05) is 53.0 Å². The summed E-state index contributed by atoms with van der Waals surface area (Å²) < 4.78 is 11.4. The number of carbonyl (C=O) groups excluding carboxylic acids is 1. The molecule has 1 saturated heterocycles. The van der Waals surface area contributed by atoms with Gasteiger partial charge in [-0.05, 0) is 47.0 Å². The van der Waals surface area contributed by atoms with E-state index in [0.29, 0.717) is 6.61 Å². The Morgan fingerprint density at radius 1 is 0.923 bits per heavy atom. The highest BCUT2D eigenvalue weighted by molar-refractivity contribution is 5.81. The fraction of sp³-hybridized carbons (Fsp3) is 0.355. The Balaban J connectivity index is 1.11. The second-order valence-electron chi connectivity index (χ2n) is 10.2. The van der Waals surface area contributed by atoms with Gasteiger partial charge in [-0.3, -0.25) is 4.90 Å². The molecule has 2 aliphatic rings. The number of nitrogens with zero attached hydrogens (tertiary/aromatic N) is 2. The molecular weight excluding hydrogens is 494 g/mol.